The number of ether oxygens (including phenoxy) is 1. The average Bonchev–Trinajstić information content (AvgIpc) is 2.15. The number of aromatic hydroxyl groups is 2. The van der Waals surface area contributed by atoms with E-state index in [2.05, 4.69) is 0 Å². The molecule has 4 heteroatoms. The number of carbonyl (C=O) groups excluding carboxylic acids is 1. The van der Waals surface area contributed by atoms with Gasteiger partial charge in [0.05, 0.1) is 6.10 Å². The number of Topliss-reactive ketones (excluding diaryl/α,β-unsaturated/α-hetero) is 1. The van der Waals surface area contributed by atoms with E-state index in [1.807, 2.05) is 6.92 Å². The molecule has 0 aromatic heterocycles. The molecule has 0 radical (unpaired) electrons. The van der Waals surface area contributed by atoms with Crippen molar-refractivity contribution in [2.75, 3.05) is 0 Å². The fourth-order valence-corrected chi connectivity index (χ4v) is 1.99. The third kappa shape index (κ3) is 1.60. The molecule has 0 saturated carbocycles. The topological polar surface area (TPSA) is 66.8 Å². The van der Waals surface area contributed by atoms with Crippen LogP contribution in [0.3, 0.4) is 0 Å². The molecule has 0 spiro atoms. The van der Waals surface area contributed by atoms with E-state index in [0.29, 0.717) is 17.7 Å². The summed E-state index contributed by atoms with van der Waals surface area (Å²) in [5, 5.41) is 19.3. The van der Waals surface area contributed by atoms with Crippen LogP contribution in [-0.2, 0) is 6.42 Å². The van der Waals surface area contributed by atoms with Crippen LogP contribution in [0.15, 0.2) is 6.07 Å². The van der Waals surface area contributed by atoms with Crippen LogP contribution >= 0.6 is 0 Å². The maximum Gasteiger partial charge on any atom is 0.167 e. The number of fused-ring (bicyclic) bond motifs is 1. The largest absolute Gasteiger partial charge is 0.507 e. The summed E-state index contributed by atoms with van der Waals surface area (Å²) >= 11 is 0. The van der Waals surface area contributed by atoms with Crippen molar-refractivity contribution in [3.8, 4) is 17.2 Å². The highest BCUT2D eigenvalue weighted by Crippen LogP contribution is 2.42. The van der Waals surface area contributed by atoms with Gasteiger partial charge in [0, 0.05) is 11.6 Å². The van der Waals surface area contributed by atoms with Crippen molar-refractivity contribution in [1.82, 2.24) is 0 Å². The summed E-state index contributed by atoms with van der Waals surface area (Å²) in [6.45, 7) is 3.27. The Balaban J connectivity index is 2.66. The Morgan fingerprint density at radius 2 is 2.12 bits per heavy atom. The van der Waals surface area contributed by atoms with Gasteiger partial charge in [0.1, 0.15) is 22.8 Å². The molecular weight excluding hydrogens is 208 g/mol. The Morgan fingerprint density at radius 3 is 2.75 bits per heavy atom. The van der Waals surface area contributed by atoms with Crippen LogP contribution in [0.2, 0.25) is 0 Å². The Morgan fingerprint density at radius 1 is 1.44 bits per heavy atom. The van der Waals surface area contributed by atoms with Gasteiger partial charge in [0.25, 0.3) is 0 Å². The number of rotatable bonds is 1. The number of benzene rings is 1. The third-order valence-electron chi connectivity index (χ3n) is 2.81. The summed E-state index contributed by atoms with van der Waals surface area (Å²) in [7, 11) is 0. The molecule has 1 aliphatic heterocycles. The van der Waals surface area contributed by atoms with E-state index < -0.39 is 0 Å². The van der Waals surface area contributed by atoms with E-state index in [0.717, 1.165) is 6.42 Å². The quantitative estimate of drug-likeness (QED) is 0.713. The van der Waals surface area contributed by atoms with Crippen LogP contribution < -0.4 is 4.74 Å². The zero-order chi connectivity index (χ0) is 11.9. The summed E-state index contributed by atoms with van der Waals surface area (Å²) in [6, 6.07) is 1.20. The Hall–Kier alpha value is -1.71. The molecule has 1 aromatic rings. The van der Waals surface area contributed by atoms with Gasteiger partial charge in [0.2, 0.25) is 0 Å². The maximum atomic E-state index is 11.4. The minimum absolute atomic E-state index is 0.00759. The van der Waals surface area contributed by atoms with Crippen molar-refractivity contribution in [1.29, 1.82) is 0 Å². The van der Waals surface area contributed by atoms with Gasteiger partial charge in [-0.2, -0.15) is 0 Å². The van der Waals surface area contributed by atoms with Gasteiger partial charge >= 0.3 is 0 Å². The molecule has 1 aliphatic rings. The predicted octanol–water partition coefficient (Wildman–Crippen LogP) is 2.01. The molecule has 0 aliphatic carbocycles. The molecule has 0 saturated heterocycles. The standard InChI is InChI=1S/C12H14O4/c1-6-3-4-8-9(14)5-10(15)11(7(2)13)12(8)16-6/h5-6,14-15H,3-4H2,1-2H3. The van der Waals surface area contributed by atoms with Crippen LogP contribution in [0.1, 0.15) is 36.2 Å². The Bertz CT molecular complexity index is 451. The number of carbonyl (C=O) groups is 1. The number of ketones is 1. The van der Waals surface area contributed by atoms with Crippen molar-refractivity contribution in [3.05, 3.63) is 17.2 Å². The van der Waals surface area contributed by atoms with Gasteiger partial charge < -0.3 is 14.9 Å². The van der Waals surface area contributed by atoms with E-state index in [9.17, 15) is 15.0 Å². The van der Waals surface area contributed by atoms with E-state index in [4.69, 9.17) is 4.74 Å². The van der Waals surface area contributed by atoms with Gasteiger partial charge in [-0.15, -0.1) is 0 Å². The summed E-state index contributed by atoms with van der Waals surface area (Å²) in [4.78, 5) is 11.4. The molecule has 1 aromatic carbocycles. The normalized spacial score (nSPS) is 18.8. The third-order valence-corrected chi connectivity index (χ3v) is 2.81. The summed E-state index contributed by atoms with van der Waals surface area (Å²) in [5.74, 6) is -0.158. The van der Waals surface area contributed by atoms with E-state index >= 15 is 0 Å². The molecule has 0 amide bonds. The van der Waals surface area contributed by atoms with Gasteiger partial charge in [-0.25, -0.2) is 0 Å². The lowest BCUT2D eigenvalue weighted by Gasteiger charge is -2.26. The minimum atomic E-state index is -0.261. The summed E-state index contributed by atoms with van der Waals surface area (Å²) in [5.41, 5.74) is 0.778. The summed E-state index contributed by atoms with van der Waals surface area (Å²) in [6.07, 6.45) is 1.44. The lowest BCUT2D eigenvalue weighted by atomic mass is 9.96. The van der Waals surface area contributed by atoms with E-state index in [-0.39, 0.29) is 28.9 Å². The predicted molar refractivity (Wildman–Crippen MR) is 58.2 cm³/mol. The molecule has 2 rings (SSSR count). The number of hydrogen-bond donors (Lipinski definition) is 2. The first kappa shape index (κ1) is 10.8. The van der Waals surface area contributed by atoms with E-state index in [1.165, 1.54) is 13.0 Å². The first-order valence-corrected chi connectivity index (χ1v) is 5.26. The van der Waals surface area contributed by atoms with Crippen molar-refractivity contribution in [3.63, 3.8) is 0 Å². The molecule has 1 heterocycles. The lowest BCUT2D eigenvalue weighted by Crippen LogP contribution is -2.21. The second-order valence-electron chi connectivity index (χ2n) is 4.12. The van der Waals surface area contributed by atoms with Crippen LogP contribution in [-0.4, -0.2) is 22.1 Å². The fraction of sp³-hybridized carbons (Fsp3) is 0.417. The minimum Gasteiger partial charge on any atom is -0.507 e. The maximum absolute atomic E-state index is 11.4. The van der Waals surface area contributed by atoms with Crippen LogP contribution in [0, 0.1) is 0 Å². The number of phenols is 2. The second kappa shape index (κ2) is 3.70. The molecule has 86 valence electrons. The molecule has 16 heavy (non-hydrogen) atoms. The Kier molecular flexibility index (Phi) is 2.50. The van der Waals surface area contributed by atoms with Crippen molar-refractivity contribution in [2.45, 2.75) is 32.8 Å². The molecule has 1 atom stereocenters. The van der Waals surface area contributed by atoms with Crippen molar-refractivity contribution in [2.24, 2.45) is 0 Å². The molecule has 2 N–H and O–H groups in total. The highest BCUT2D eigenvalue weighted by molar-refractivity contribution is 6.00. The summed E-state index contributed by atoms with van der Waals surface area (Å²) < 4.78 is 5.55. The van der Waals surface area contributed by atoms with E-state index in [1.54, 1.807) is 0 Å². The number of phenolic OH excluding ortho intramolecular Hbond substituents is 2. The molecule has 0 bridgehead atoms. The second-order valence-corrected chi connectivity index (χ2v) is 4.12. The molecule has 1 unspecified atom stereocenters. The fourth-order valence-electron chi connectivity index (χ4n) is 1.99. The SMILES string of the molecule is CC(=O)c1c(O)cc(O)c2c1OC(C)CC2. The van der Waals surface area contributed by atoms with Crippen molar-refractivity contribution >= 4 is 5.78 Å². The van der Waals surface area contributed by atoms with Gasteiger partial charge in [-0.05, 0) is 26.7 Å². The zero-order valence-electron chi connectivity index (χ0n) is 9.28. The number of hydrogen-bond acceptors (Lipinski definition) is 4. The Labute approximate surface area is 93.5 Å². The van der Waals surface area contributed by atoms with Gasteiger partial charge in [0.15, 0.2) is 5.78 Å². The monoisotopic (exact) mass is 222 g/mol. The zero-order valence-corrected chi connectivity index (χ0v) is 9.28. The molecule has 4 nitrogen and oxygen atoms in total. The first-order valence-electron chi connectivity index (χ1n) is 5.26. The van der Waals surface area contributed by atoms with Crippen LogP contribution in [0.4, 0.5) is 0 Å². The highest BCUT2D eigenvalue weighted by Gasteiger charge is 2.26. The molecular formula is C12H14O4. The highest BCUT2D eigenvalue weighted by atomic mass is 16.5. The smallest absolute Gasteiger partial charge is 0.167 e. The van der Waals surface area contributed by atoms with Crippen LogP contribution in [0.5, 0.6) is 17.2 Å². The lowest BCUT2D eigenvalue weighted by molar-refractivity contribution is 0.100. The van der Waals surface area contributed by atoms with Crippen LogP contribution in [0.25, 0.3) is 0 Å². The first-order chi connectivity index (χ1) is 7.50. The average molecular weight is 222 g/mol. The van der Waals surface area contributed by atoms with Crippen molar-refractivity contribution < 1.29 is 19.7 Å². The van der Waals surface area contributed by atoms with Gasteiger partial charge in [-0.3, -0.25) is 4.79 Å². The van der Waals surface area contributed by atoms with Gasteiger partial charge in [-0.1, -0.05) is 0 Å². The molecule has 0 fully saturated rings.